The minimum atomic E-state index is -1.05. The van der Waals surface area contributed by atoms with E-state index in [4.69, 9.17) is 16.3 Å². The number of anilines is 2. The summed E-state index contributed by atoms with van der Waals surface area (Å²) in [4.78, 5) is 52.1. The summed E-state index contributed by atoms with van der Waals surface area (Å²) in [5, 5.41) is 5.28. The molecule has 130 valence electrons. The van der Waals surface area contributed by atoms with E-state index < -0.39 is 29.0 Å². The molecule has 10 heteroatoms. The van der Waals surface area contributed by atoms with Crippen LogP contribution < -0.4 is 26.6 Å². The number of carbonyl (C=O) groups excluding carboxylic acids is 2. The van der Waals surface area contributed by atoms with Gasteiger partial charge in [-0.05, 0) is 18.2 Å². The highest BCUT2D eigenvalue weighted by molar-refractivity contribution is 6.32. The van der Waals surface area contributed by atoms with Crippen molar-refractivity contribution >= 4 is 34.9 Å². The number of ether oxygens (including phenoxy) is 1. The van der Waals surface area contributed by atoms with Crippen LogP contribution in [0.15, 0.2) is 27.8 Å². The molecule has 9 nitrogen and oxygen atoms in total. The fourth-order valence-electron chi connectivity index (χ4n) is 2.60. The average molecular weight is 365 g/mol. The smallest absolute Gasteiger partial charge is 0.327 e. The van der Waals surface area contributed by atoms with Gasteiger partial charge in [0, 0.05) is 12.1 Å². The number of carbonyl (C=O) groups is 2. The molecule has 1 aromatic carbocycles. The van der Waals surface area contributed by atoms with Crippen molar-refractivity contribution in [2.45, 2.75) is 12.3 Å². The van der Waals surface area contributed by atoms with Crippen LogP contribution in [0.3, 0.4) is 0 Å². The summed E-state index contributed by atoms with van der Waals surface area (Å²) in [7, 11) is 1.46. The molecule has 2 heterocycles. The van der Waals surface area contributed by atoms with Crippen LogP contribution in [0.25, 0.3) is 0 Å². The van der Waals surface area contributed by atoms with E-state index in [1.807, 2.05) is 0 Å². The van der Waals surface area contributed by atoms with E-state index in [9.17, 15) is 19.2 Å². The van der Waals surface area contributed by atoms with E-state index >= 15 is 0 Å². The Morgan fingerprint density at radius 2 is 2.04 bits per heavy atom. The summed E-state index contributed by atoms with van der Waals surface area (Å²) in [5.41, 5.74) is -1.13. The third-order valence-corrected chi connectivity index (χ3v) is 4.01. The van der Waals surface area contributed by atoms with Crippen LogP contribution in [0.5, 0.6) is 5.75 Å². The van der Waals surface area contributed by atoms with Crippen LogP contribution in [-0.4, -0.2) is 28.9 Å². The molecule has 0 saturated heterocycles. The van der Waals surface area contributed by atoms with Crippen molar-refractivity contribution < 1.29 is 14.3 Å². The van der Waals surface area contributed by atoms with Gasteiger partial charge in [-0.2, -0.15) is 0 Å². The minimum Gasteiger partial charge on any atom is -0.495 e. The second-order valence-corrected chi connectivity index (χ2v) is 5.75. The minimum absolute atomic E-state index is 0.00342. The van der Waals surface area contributed by atoms with E-state index in [-0.39, 0.29) is 17.8 Å². The number of fused-ring (bicyclic) bond motifs is 1. The van der Waals surface area contributed by atoms with Crippen molar-refractivity contribution in [3.63, 3.8) is 0 Å². The first-order valence-corrected chi connectivity index (χ1v) is 7.57. The van der Waals surface area contributed by atoms with Gasteiger partial charge >= 0.3 is 5.69 Å². The van der Waals surface area contributed by atoms with Crippen molar-refractivity contribution in [2.75, 3.05) is 17.7 Å². The number of benzene rings is 1. The number of hydrogen-bond donors (Lipinski definition) is 4. The van der Waals surface area contributed by atoms with Gasteiger partial charge in [-0.25, -0.2) is 4.79 Å². The zero-order valence-corrected chi connectivity index (χ0v) is 13.7. The summed E-state index contributed by atoms with van der Waals surface area (Å²) in [6, 6.07) is 4.63. The van der Waals surface area contributed by atoms with Crippen LogP contribution in [0, 0.1) is 0 Å². The molecule has 1 aliphatic heterocycles. The standard InChI is InChI=1S/C15H13ClN4O5/c1-25-9-3-2-6(4-8(9)16)17-13(22)7-5-10(21)18-12-11(7)14(23)20-15(24)19-12/h2-4,7H,5H2,1H3,(H,17,22)(H3,18,19,20,21,23,24). The SMILES string of the molecule is COc1ccc(NC(=O)C2CC(=O)Nc3[nH]c(=O)[nH]c(=O)c32)cc1Cl. The molecular formula is C15H13ClN4O5. The Kier molecular flexibility index (Phi) is 4.32. The largest absolute Gasteiger partial charge is 0.495 e. The molecule has 1 atom stereocenters. The third-order valence-electron chi connectivity index (χ3n) is 3.72. The summed E-state index contributed by atoms with van der Waals surface area (Å²) in [6.07, 6.45) is -0.224. The molecule has 0 bridgehead atoms. The predicted molar refractivity (Wildman–Crippen MR) is 90.3 cm³/mol. The summed E-state index contributed by atoms with van der Waals surface area (Å²) in [5.74, 6) is -1.74. The molecule has 0 saturated carbocycles. The zero-order valence-electron chi connectivity index (χ0n) is 12.9. The normalized spacial score (nSPS) is 15.9. The van der Waals surface area contributed by atoms with E-state index in [0.717, 1.165) is 0 Å². The van der Waals surface area contributed by atoms with Crippen molar-refractivity contribution in [1.82, 2.24) is 9.97 Å². The number of aromatic nitrogens is 2. The van der Waals surface area contributed by atoms with Crippen LogP contribution >= 0.6 is 11.6 Å². The molecule has 2 amide bonds. The van der Waals surface area contributed by atoms with E-state index in [1.54, 1.807) is 12.1 Å². The van der Waals surface area contributed by atoms with Gasteiger partial charge in [0.1, 0.15) is 11.6 Å². The van der Waals surface area contributed by atoms with Gasteiger partial charge in [0.25, 0.3) is 5.56 Å². The third kappa shape index (κ3) is 3.26. The highest BCUT2D eigenvalue weighted by Gasteiger charge is 2.34. The molecule has 25 heavy (non-hydrogen) atoms. The van der Waals surface area contributed by atoms with Gasteiger partial charge in [-0.1, -0.05) is 11.6 Å². The Labute approximate surface area is 145 Å². The number of H-pyrrole nitrogens is 2. The number of halogens is 1. The van der Waals surface area contributed by atoms with Crippen molar-refractivity contribution in [3.05, 3.63) is 49.6 Å². The number of hydrogen-bond acceptors (Lipinski definition) is 5. The topological polar surface area (TPSA) is 133 Å². The number of methoxy groups -OCH3 is 1. The highest BCUT2D eigenvalue weighted by Crippen LogP contribution is 2.30. The predicted octanol–water partition coefficient (Wildman–Crippen LogP) is 0.790. The first-order chi connectivity index (χ1) is 11.9. The number of aromatic amines is 2. The van der Waals surface area contributed by atoms with Crippen molar-refractivity contribution in [1.29, 1.82) is 0 Å². The summed E-state index contributed by atoms with van der Waals surface area (Å²) >= 11 is 6.01. The Morgan fingerprint density at radius 1 is 1.28 bits per heavy atom. The summed E-state index contributed by atoms with van der Waals surface area (Å²) < 4.78 is 5.03. The zero-order chi connectivity index (χ0) is 18.1. The molecule has 0 spiro atoms. The lowest BCUT2D eigenvalue weighted by Crippen LogP contribution is -2.39. The maximum atomic E-state index is 12.6. The van der Waals surface area contributed by atoms with Gasteiger partial charge in [0.2, 0.25) is 11.8 Å². The molecule has 0 fully saturated rings. The lowest BCUT2D eigenvalue weighted by Gasteiger charge is -2.23. The first-order valence-electron chi connectivity index (χ1n) is 7.20. The van der Waals surface area contributed by atoms with Crippen LogP contribution in [0.2, 0.25) is 5.02 Å². The van der Waals surface area contributed by atoms with Crippen molar-refractivity contribution in [2.24, 2.45) is 0 Å². The molecule has 2 aromatic rings. The molecular weight excluding hydrogens is 352 g/mol. The van der Waals surface area contributed by atoms with Gasteiger partial charge in [0.15, 0.2) is 0 Å². The van der Waals surface area contributed by atoms with E-state index in [0.29, 0.717) is 16.5 Å². The van der Waals surface area contributed by atoms with Crippen LogP contribution in [0.1, 0.15) is 17.9 Å². The fraction of sp³-hybridized carbons (Fsp3) is 0.200. The molecule has 1 unspecified atom stereocenters. The lowest BCUT2D eigenvalue weighted by atomic mass is 9.92. The molecule has 0 radical (unpaired) electrons. The van der Waals surface area contributed by atoms with Crippen molar-refractivity contribution in [3.8, 4) is 5.75 Å². The number of amides is 2. The Bertz CT molecular complexity index is 981. The maximum absolute atomic E-state index is 12.6. The molecule has 1 aliphatic rings. The Hall–Kier alpha value is -3.07. The fourth-order valence-corrected chi connectivity index (χ4v) is 2.86. The molecule has 1 aromatic heterocycles. The maximum Gasteiger partial charge on any atom is 0.327 e. The first kappa shape index (κ1) is 16.8. The Morgan fingerprint density at radius 3 is 2.72 bits per heavy atom. The molecule has 3 rings (SSSR count). The van der Waals surface area contributed by atoms with Crippen LogP contribution in [0.4, 0.5) is 11.5 Å². The summed E-state index contributed by atoms with van der Waals surface area (Å²) in [6.45, 7) is 0. The second kappa shape index (κ2) is 6.44. The van der Waals surface area contributed by atoms with Crippen LogP contribution in [-0.2, 0) is 9.59 Å². The average Bonchev–Trinajstić information content (AvgIpc) is 2.53. The highest BCUT2D eigenvalue weighted by atomic mass is 35.5. The van der Waals surface area contributed by atoms with Gasteiger partial charge < -0.3 is 15.4 Å². The quantitative estimate of drug-likeness (QED) is 0.639. The number of rotatable bonds is 3. The van der Waals surface area contributed by atoms with Gasteiger partial charge in [-0.3, -0.25) is 24.4 Å². The second-order valence-electron chi connectivity index (χ2n) is 5.34. The molecule has 4 N–H and O–H groups in total. The lowest BCUT2D eigenvalue weighted by molar-refractivity contribution is -0.123. The molecule has 0 aliphatic carbocycles. The van der Waals surface area contributed by atoms with E-state index in [2.05, 4.69) is 20.6 Å². The monoisotopic (exact) mass is 364 g/mol. The van der Waals surface area contributed by atoms with Gasteiger partial charge in [0.05, 0.1) is 23.6 Å². The van der Waals surface area contributed by atoms with E-state index in [1.165, 1.54) is 13.2 Å². The van der Waals surface area contributed by atoms with Gasteiger partial charge in [-0.15, -0.1) is 0 Å². The number of nitrogens with one attached hydrogen (secondary N) is 4. The Balaban J connectivity index is 1.93.